The van der Waals surface area contributed by atoms with Crippen LogP contribution in [0.4, 0.5) is 4.39 Å². The van der Waals surface area contributed by atoms with E-state index in [0.717, 1.165) is 42.4 Å². The molecule has 3 saturated heterocycles. The number of nitrogens with one attached hydrogen (secondary N) is 1. The molecule has 14 heteroatoms. The molecule has 284 valence electrons. The maximum absolute atomic E-state index is 17.3. The van der Waals surface area contributed by atoms with Crippen LogP contribution in [0.2, 0.25) is 10.0 Å². The van der Waals surface area contributed by atoms with Crippen LogP contribution in [-0.4, -0.2) is 59.1 Å². The van der Waals surface area contributed by atoms with Gasteiger partial charge in [-0.3, -0.25) is 9.59 Å². The minimum absolute atomic E-state index is 0.00430. The van der Waals surface area contributed by atoms with Gasteiger partial charge in [0.25, 0.3) is 5.56 Å². The predicted octanol–water partition coefficient (Wildman–Crippen LogP) is 7.33. The van der Waals surface area contributed by atoms with Crippen molar-refractivity contribution in [3.05, 3.63) is 110 Å². The van der Waals surface area contributed by atoms with Crippen molar-refractivity contribution >= 4 is 50.9 Å². The summed E-state index contributed by atoms with van der Waals surface area (Å²) < 4.78 is 23.1. The van der Waals surface area contributed by atoms with Crippen molar-refractivity contribution in [2.75, 3.05) is 13.1 Å². The number of carbonyl (C=O) groups is 1. The monoisotopic (exact) mass is 789 g/mol. The maximum atomic E-state index is 17.3. The van der Waals surface area contributed by atoms with E-state index in [2.05, 4.69) is 32.3 Å². The molecule has 4 aromatic heterocycles. The van der Waals surface area contributed by atoms with Crippen LogP contribution >= 0.6 is 23.2 Å². The molecule has 2 aromatic carbocycles. The molecule has 2 bridgehead atoms. The number of pyridine rings is 2. The number of likely N-dealkylation sites (tertiary alicyclic amines) is 1. The molecule has 5 unspecified atom stereocenters. The van der Waals surface area contributed by atoms with E-state index < -0.39 is 5.82 Å². The molecule has 1 amide bonds. The SMILES string of the molecule is Cc1nc2c(F)c(-c3cccc(Cl)c3Cl)c(CCC#N)cc2c2c1cc(C1CC(n3cc(Cn4ccccc4=O)nn3)CN1C(=O)C1CC1)n2C1C2CNC1C2. The highest BCUT2D eigenvalue weighted by molar-refractivity contribution is 6.43. The Balaban J connectivity index is 1.14. The van der Waals surface area contributed by atoms with Crippen molar-refractivity contribution in [1.82, 2.24) is 39.3 Å². The first kappa shape index (κ1) is 35.3. The van der Waals surface area contributed by atoms with Gasteiger partial charge in [-0.25, -0.2) is 14.1 Å². The largest absolute Gasteiger partial charge is 0.337 e. The van der Waals surface area contributed by atoms with Crippen LogP contribution in [0.25, 0.3) is 32.9 Å². The lowest BCUT2D eigenvalue weighted by Crippen LogP contribution is -2.41. The van der Waals surface area contributed by atoms with Gasteiger partial charge in [0.05, 0.1) is 52.5 Å². The van der Waals surface area contributed by atoms with Gasteiger partial charge in [0.1, 0.15) is 11.2 Å². The Bertz CT molecular complexity index is 2680. The molecule has 11 nitrogen and oxygen atoms in total. The molecule has 1 N–H and O–H groups in total. The highest BCUT2D eigenvalue weighted by Crippen LogP contribution is 2.52. The minimum Gasteiger partial charge on any atom is -0.337 e. The van der Waals surface area contributed by atoms with Crippen molar-refractivity contribution in [3.8, 4) is 17.2 Å². The summed E-state index contributed by atoms with van der Waals surface area (Å²) in [5, 5.41) is 24.4. The van der Waals surface area contributed by atoms with E-state index in [9.17, 15) is 14.9 Å². The van der Waals surface area contributed by atoms with Crippen molar-refractivity contribution in [3.63, 3.8) is 0 Å². The summed E-state index contributed by atoms with van der Waals surface area (Å²) in [6.07, 6.45) is 7.54. The number of carbonyl (C=O) groups excluding carboxylic acids is 1. The summed E-state index contributed by atoms with van der Waals surface area (Å²) in [6.45, 7) is 3.57. The van der Waals surface area contributed by atoms with Crippen LogP contribution in [0.15, 0.2) is 65.7 Å². The van der Waals surface area contributed by atoms with E-state index in [0.29, 0.717) is 70.3 Å². The Kier molecular flexibility index (Phi) is 8.54. The highest BCUT2D eigenvalue weighted by atomic mass is 35.5. The van der Waals surface area contributed by atoms with Gasteiger partial charge >= 0.3 is 0 Å². The fourth-order valence-electron chi connectivity index (χ4n) is 9.52. The van der Waals surface area contributed by atoms with Gasteiger partial charge in [0.2, 0.25) is 5.91 Å². The molecular weight excluding hydrogens is 752 g/mol. The number of aromatic nitrogens is 6. The van der Waals surface area contributed by atoms with E-state index in [4.69, 9.17) is 28.2 Å². The molecule has 5 aliphatic rings. The summed E-state index contributed by atoms with van der Waals surface area (Å²) in [5.41, 5.74) is 4.79. The van der Waals surface area contributed by atoms with Crippen LogP contribution in [-0.2, 0) is 17.8 Å². The van der Waals surface area contributed by atoms with Crippen LogP contribution in [0.5, 0.6) is 0 Å². The number of hydrogen-bond acceptors (Lipinski definition) is 7. The molecule has 3 aliphatic heterocycles. The molecule has 5 fully saturated rings. The molecular formula is C42H38Cl2FN9O2. The molecule has 2 aliphatic carbocycles. The normalized spacial score (nSPS) is 22.9. The smallest absolute Gasteiger partial charge is 0.250 e. The molecule has 2 saturated carbocycles. The first-order chi connectivity index (χ1) is 27.2. The van der Waals surface area contributed by atoms with Gasteiger partial charge < -0.3 is 19.4 Å². The first-order valence-corrected chi connectivity index (χ1v) is 20.0. The fourth-order valence-corrected chi connectivity index (χ4v) is 9.92. The third kappa shape index (κ3) is 5.65. The van der Waals surface area contributed by atoms with Crippen LogP contribution in [0, 0.1) is 35.9 Å². The number of halogens is 3. The van der Waals surface area contributed by atoms with Crippen LogP contribution in [0.3, 0.4) is 0 Å². The lowest BCUT2D eigenvalue weighted by Gasteiger charge is -2.39. The Morgan fingerprint density at radius 1 is 1.11 bits per heavy atom. The summed E-state index contributed by atoms with van der Waals surface area (Å²) in [4.78, 5) is 33.6. The van der Waals surface area contributed by atoms with Gasteiger partial charge in [-0.15, -0.1) is 5.10 Å². The number of fused-ring (bicyclic) bond motifs is 4. The van der Waals surface area contributed by atoms with E-state index in [1.54, 1.807) is 35.0 Å². The molecule has 6 aromatic rings. The van der Waals surface area contributed by atoms with Gasteiger partial charge in [-0.1, -0.05) is 46.6 Å². The van der Waals surface area contributed by atoms with E-state index in [1.165, 1.54) is 6.07 Å². The molecule has 5 atom stereocenters. The second kappa shape index (κ2) is 13.5. The van der Waals surface area contributed by atoms with Gasteiger partial charge in [0, 0.05) is 77.0 Å². The number of nitrogens with zero attached hydrogens (tertiary/aromatic N) is 8. The summed E-state index contributed by atoms with van der Waals surface area (Å²) in [6, 6.07) is 16.5. The Morgan fingerprint density at radius 2 is 1.96 bits per heavy atom. The summed E-state index contributed by atoms with van der Waals surface area (Å²) in [7, 11) is 0. The first-order valence-electron chi connectivity index (χ1n) is 19.3. The second-order valence-electron chi connectivity index (χ2n) is 15.8. The highest BCUT2D eigenvalue weighted by Gasteiger charge is 2.51. The zero-order valence-electron chi connectivity index (χ0n) is 30.6. The van der Waals surface area contributed by atoms with E-state index >= 15 is 4.39 Å². The Labute approximate surface area is 331 Å². The molecule has 0 radical (unpaired) electrons. The van der Waals surface area contributed by atoms with E-state index in [1.807, 2.05) is 34.8 Å². The Morgan fingerprint density at radius 3 is 2.71 bits per heavy atom. The van der Waals surface area contributed by atoms with Crippen LogP contribution < -0.4 is 10.9 Å². The number of aryl methyl sites for hydroxylation is 2. The number of nitriles is 1. The number of benzene rings is 2. The molecule has 56 heavy (non-hydrogen) atoms. The Hall–Kier alpha value is -5.09. The molecule has 7 heterocycles. The van der Waals surface area contributed by atoms with Crippen molar-refractivity contribution < 1.29 is 9.18 Å². The van der Waals surface area contributed by atoms with Gasteiger partial charge in [0.15, 0.2) is 5.82 Å². The number of amides is 1. The van der Waals surface area contributed by atoms with Gasteiger partial charge in [-0.05, 0) is 74.8 Å². The topological polar surface area (TPSA) is 127 Å². The average molecular weight is 791 g/mol. The maximum Gasteiger partial charge on any atom is 0.250 e. The van der Waals surface area contributed by atoms with Gasteiger partial charge in [-0.2, -0.15) is 5.26 Å². The molecule has 11 rings (SSSR count). The lowest BCUT2D eigenvalue weighted by atomic mass is 9.79. The standard InChI is InChI=1S/C42H38Cl2FN9O2/c1-22-29-17-34(33-16-27(21-52(33)42(56)23-10-11-23)53-20-26(49-50-53)19-51-13-3-2-9-35(51)55)54(40-25-15-32(40)47-18-25)41(29)30-14-24(6-5-12-46)36(38(45)39(30)48-22)28-7-4-8-31(43)37(28)44/h2-4,7-9,13-14,17,20,23,25,27,32-33,40,47H,5-6,10-11,15-16,18-19,21H2,1H3. The average Bonchev–Trinajstić information content (AvgIpc) is 3.67. The molecule has 0 spiro atoms. The van der Waals surface area contributed by atoms with Crippen molar-refractivity contribution in [2.45, 2.75) is 76.2 Å². The lowest BCUT2D eigenvalue weighted by molar-refractivity contribution is -0.133. The fraction of sp³-hybridized carbons (Fsp3) is 0.381. The summed E-state index contributed by atoms with van der Waals surface area (Å²) >= 11 is 13.1. The zero-order valence-corrected chi connectivity index (χ0v) is 32.1. The number of hydrogen-bond donors (Lipinski definition) is 1. The van der Waals surface area contributed by atoms with Crippen molar-refractivity contribution in [1.29, 1.82) is 5.26 Å². The predicted molar refractivity (Wildman–Crippen MR) is 211 cm³/mol. The summed E-state index contributed by atoms with van der Waals surface area (Å²) in [5.74, 6) is 0.0339. The second-order valence-corrected chi connectivity index (χ2v) is 16.6. The zero-order chi connectivity index (χ0) is 38.4. The third-order valence-electron chi connectivity index (χ3n) is 12.4. The minimum atomic E-state index is -0.500. The number of rotatable bonds is 9. The van der Waals surface area contributed by atoms with Crippen LogP contribution in [0.1, 0.15) is 72.9 Å². The van der Waals surface area contributed by atoms with Crippen molar-refractivity contribution in [2.24, 2.45) is 11.8 Å². The quantitative estimate of drug-likeness (QED) is 0.163. The third-order valence-corrected chi connectivity index (χ3v) is 13.2. The van der Waals surface area contributed by atoms with E-state index in [-0.39, 0.29) is 58.5 Å².